The summed E-state index contributed by atoms with van der Waals surface area (Å²) in [6.45, 7) is 0.590. The van der Waals surface area contributed by atoms with E-state index in [0.29, 0.717) is 32.2 Å². The summed E-state index contributed by atoms with van der Waals surface area (Å²) in [7, 11) is -3.16. The summed E-state index contributed by atoms with van der Waals surface area (Å²) in [5, 5.41) is 9.80. The summed E-state index contributed by atoms with van der Waals surface area (Å²) in [4.78, 5) is 10.3. The summed E-state index contributed by atoms with van der Waals surface area (Å²) >= 11 is 0. The van der Waals surface area contributed by atoms with Crippen molar-refractivity contribution in [2.75, 3.05) is 19.3 Å². The Morgan fingerprint density at radius 2 is 1.93 bits per heavy atom. The molecule has 0 bridgehead atoms. The Labute approximate surface area is 83.8 Å². The van der Waals surface area contributed by atoms with Gasteiger partial charge in [0.15, 0.2) is 0 Å². The van der Waals surface area contributed by atoms with E-state index in [-0.39, 0.29) is 6.42 Å². The first-order valence-corrected chi connectivity index (χ1v) is 6.33. The molecule has 0 aliphatic carbocycles. The molecule has 1 aliphatic rings. The molecule has 0 aromatic rings. The van der Waals surface area contributed by atoms with E-state index in [9.17, 15) is 18.3 Å². The quantitative estimate of drug-likeness (QED) is 0.643. The smallest absolute Gasteiger partial charge is 0.211 e. The van der Waals surface area contributed by atoms with Crippen molar-refractivity contribution in [3.05, 3.63) is 0 Å². The van der Waals surface area contributed by atoms with Gasteiger partial charge in [-0.3, -0.25) is 0 Å². The van der Waals surface area contributed by atoms with Crippen LogP contribution in [-0.2, 0) is 14.8 Å². The van der Waals surface area contributed by atoms with E-state index in [1.807, 2.05) is 0 Å². The van der Waals surface area contributed by atoms with Gasteiger partial charge in [0, 0.05) is 19.5 Å². The maximum Gasteiger partial charge on any atom is 0.211 e. The van der Waals surface area contributed by atoms with E-state index >= 15 is 0 Å². The highest BCUT2D eigenvalue weighted by atomic mass is 32.2. The van der Waals surface area contributed by atoms with Crippen LogP contribution in [0.15, 0.2) is 0 Å². The summed E-state index contributed by atoms with van der Waals surface area (Å²) in [5.41, 5.74) is -0.997. The van der Waals surface area contributed by atoms with Crippen molar-refractivity contribution in [1.82, 2.24) is 4.31 Å². The molecule has 0 amide bonds. The zero-order chi connectivity index (χ0) is 10.8. The van der Waals surface area contributed by atoms with Gasteiger partial charge < -0.3 is 9.90 Å². The predicted octanol–water partition coefficient (Wildman–Crippen LogP) is -0.638. The molecule has 0 spiro atoms. The average Bonchev–Trinajstić information content (AvgIpc) is 2.03. The molecule has 14 heavy (non-hydrogen) atoms. The first-order valence-electron chi connectivity index (χ1n) is 4.48. The van der Waals surface area contributed by atoms with Crippen LogP contribution in [0.5, 0.6) is 0 Å². The van der Waals surface area contributed by atoms with Crippen molar-refractivity contribution in [3.8, 4) is 0 Å². The van der Waals surface area contributed by atoms with Gasteiger partial charge in [-0.05, 0) is 12.8 Å². The number of hydrogen-bond acceptors (Lipinski definition) is 4. The lowest BCUT2D eigenvalue weighted by Crippen LogP contribution is -2.46. The van der Waals surface area contributed by atoms with Gasteiger partial charge in [0.2, 0.25) is 10.0 Å². The van der Waals surface area contributed by atoms with E-state index in [2.05, 4.69) is 0 Å². The lowest BCUT2D eigenvalue weighted by Gasteiger charge is -2.35. The predicted molar refractivity (Wildman–Crippen MR) is 51.3 cm³/mol. The van der Waals surface area contributed by atoms with Crippen LogP contribution in [0.25, 0.3) is 0 Å². The molecular formula is C8H15NO4S. The van der Waals surface area contributed by atoms with Gasteiger partial charge in [0.25, 0.3) is 0 Å². The highest BCUT2D eigenvalue weighted by Gasteiger charge is 2.34. The highest BCUT2D eigenvalue weighted by molar-refractivity contribution is 7.88. The van der Waals surface area contributed by atoms with Crippen molar-refractivity contribution in [3.63, 3.8) is 0 Å². The molecular weight excluding hydrogens is 206 g/mol. The van der Waals surface area contributed by atoms with Crippen molar-refractivity contribution in [1.29, 1.82) is 0 Å². The van der Waals surface area contributed by atoms with Crippen molar-refractivity contribution >= 4 is 16.3 Å². The zero-order valence-electron chi connectivity index (χ0n) is 8.14. The number of aliphatic hydroxyl groups is 1. The average molecular weight is 221 g/mol. The van der Waals surface area contributed by atoms with E-state index in [1.54, 1.807) is 0 Å². The Balaban J connectivity index is 2.58. The van der Waals surface area contributed by atoms with Gasteiger partial charge >= 0.3 is 0 Å². The van der Waals surface area contributed by atoms with Crippen LogP contribution in [0.1, 0.15) is 19.3 Å². The lowest BCUT2D eigenvalue weighted by atomic mass is 9.90. The molecule has 1 rings (SSSR count). The van der Waals surface area contributed by atoms with Gasteiger partial charge in [0.05, 0.1) is 11.9 Å². The molecule has 0 atom stereocenters. The number of sulfonamides is 1. The number of nitrogens with zero attached hydrogens (tertiary/aromatic N) is 1. The molecule has 1 heterocycles. The van der Waals surface area contributed by atoms with Gasteiger partial charge in [0.1, 0.15) is 6.29 Å². The van der Waals surface area contributed by atoms with Crippen molar-refractivity contribution in [2.24, 2.45) is 0 Å². The lowest BCUT2D eigenvalue weighted by molar-refractivity contribution is -0.113. The number of carbonyl (C=O) groups excluding carboxylic acids is 1. The second kappa shape index (κ2) is 3.96. The molecule has 0 unspecified atom stereocenters. The van der Waals surface area contributed by atoms with Gasteiger partial charge in [-0.2, -0.15) is 0 Å². The first kappa shape index (κ1) is 11.6. The maximum atomic E-state index is 11.1. The fraction of sp³-hybridized carbons (Fsp3) is 0.875. The van der Waals surface area contributed by atoms with Crippen LogP contribution < -0.4 is 0 Å². The van der Waals surface area contributed by atoms with E-state index in [1.165, 1.54) is 4.31 Å². The monoisotopic (exact) mass is 221 g/mol. The minimum Gasteiger partial charge on any atom is -0.389 e. The molecule has 1 N–H and O–H groups in total. The minimum atomic E-state index is -3.16. The molecule has 1 fully saturated rings. The Hall–Kier alpha value is -0.460. The van der Waals surface area contributed by atoms with Crippen molar-refractivity contribution in [2.45, 2.75) is 24.9 Å². The third kappa shape index (κ3) is 2.76. The van der Waals surface area contributed by atoms with Gasteiger partial charge in [-0.1, -0.05) is 0 Å². The van der Waals surface area contributed by atoms with Crippen LogP contribution in [0.4, 0.5) is 0 Å². The molecule has 0 saturated carbocycles. The summed E-state index contributed by atoms with van der Waals surface area (Å²) in [6.07, 6.45) is 2.58. The standard InChI is InChI=1S/C8H15NO4S/c1-14(12,13)9-5-2-8(11,3-6-9)4-7-10/h7,11H,2-6H2,1H3. The van der Waals surface area contributed by atoms with E-state index in [0.717, 1.165) is 6.26 Å². The number of piperidine rings is 1. The van der Waals surface area contributed by atoms with Crippen LogP contribution in [0.2, 0.25) is 0 Å². The van der Waals surface area contributed by atoms with Gasteiger partial charge in [-0.25, -0.2) is 12.7 Å². The Morgan fingerprint density at radius 3 is 2.29 bits per heavy atom. The van der Waals surface area contributed by atoms with Crippen LogP contribution in [-0.4, -0.2) is 49.1 Å². The molecule has 1 saturated heterocycles. The van der Waals surface area contributed by atoms with E-state index < -0.39 is 15.6 Å². The molecule has 6 heteroatoms. The number of hydrogen-bond donors (Lipinski definition) is 1. The van der Waals surface area contributed by atoms with Crippen LogP contribution in [0.3, 0.4) is 0 Å². The fourth-order valence-electron chi connectivity index (χ4n) is 1.59. The Bertz CT molecular complexity index is 303. The van der Waals surface area contributed by atoms with E-state index in [4.69, 9.17) is 0 Å². The SMILES string of the molecule is CS(=O)(=O)N1CCC(O)(CC=O)CC1. The maximum absolute atomic E-state index is 11.1. The zero-order valence-corrected chi connectivity index (χ0v) is 8.96. The second-order valence-corrected chi connectivity index (χ2v) is 5.74. The summed E-state index contributed by atoms with van der Waals surface area (Å²) in [5.74, 6) is 0. The minimum absolute atomic E-state index is 0.0879. The highest BCUT2D eigenvalue weighted by Crippen LogP contribution is 2.25. The summed E-state index contributed by atoms with van der Waals surface area (Å²) in [6, 6.07) is 0. The fourth-order valence-corrected chi connectivity index (χ4v) is 2.44. The summed E-state index contributed by atoms with van der Waals surface area (Å²) < 4.78 is 23.6. The third-order valence-electron chi connectivity index (χ3n) is 2.59. The molecule has 5 nitrogen and oxygen atoms in total. The number of aldehydes is 1. The number of rotatable bonds is 3. The third-order valence-corrected chi connectivity index (χ3v) is 3.89. The molecule has 0 radical (unpaired) electrons. The largest absolute Gasteiger partial charge is 0.389 e. The molecule has 0 aromatic heterocycles. The first-order chi connectivity index (χ1) is 6.37. The molecule has 0 aromatic carbocycles. The normalized spacial score (nSPS) is 23.3. The Kier molecular flexibility index (Phi) is 3.28. The Morgan fingerprint density at radius 1 is 1.43 bits per heavy atom. The van der Waals surface area contributed by atoms with Crippen molar-refractivity contribution < 1.29 is 18.3 Å². The molecule has 82 valence electrons. The van der Waals surface area contributed by atoms with Crippen LogP contribution in [0, 0.1) is 0 Å². The van der Waals surface area contributed by atoms with Crippen LogP contribution >= 0.6 is 0 Å². The number of carbonyl (C=O) groups is 1. The second-order valence-electron chi connectivity index (χ2n) is 3.76. The van der Waals surface area contributed by atoms with Gasteiger partial charge in [-0.15, -0.1) is 0 Å². The topological polar surface area (TPSA) is 74.7 Å². The molecule has 1 aliphatic heterocycles.